The largest absolute Gasteiger partial charge is 0.367 e. The number of Topliss-reactive ketones (excluding diaryl/α,β-unsaturated/α-hetero) is 2. The fraction of sp³-hybridized carbons (Fsp3) is 0.730. The summed E-state index contributed by atoms with van der Waals surface area (Å²) in [4.78, 5) is 27.5. The molecule has 4 aliphatic carbocycles. The van der Waals surface area contributed by atoms with E-state index in [0.29, 0.717) is 43.3 Å². The van der Waals surface area contributed by atoms with Gasteiger partial charge in [-0.25, -0.2) is 20.8 Å². The molecular formula is C37H53N3O6S2. The van der Waals surface area contributed by atoms with E-state index in [1.54, 1.807) is 25.3 Å². The number of fused-ring (bicyclic) bond motifs is 5. The van der Waals surface area contributed by atoms with Crippen LogP contribution in [0.2, 0.25) is 0 Å². The van der Waals surface area contributed by atoms with Crippen molar-refractivity contribution in [2.45, 2.75) is 104 Å². The lowest BCUT2D eigenvalue weighted by Gasteiger charge is -2.40. The second-order valence-corrected chi connectivity index (χ2v) is 21.7. The van der Waals surface area contributed by atoms with Gasteiger partial charge in [-0.15, -0.1) is 0 Å². The van der Waals surface area contributed by atoms with Gasteiger partial charge in [-0.1, -0.05) is 34.6 Å². The monoisotopic (exact) mass is 699 g/mol. The van der Waals surface area contributed by atoms with Crippen molar-refractivity contribution < 1.29 is 26.4 Å². The van der Waals surface area contributed by atoms with Crippen LogP contribution in [-0.4, -0.2) is 73.8 Å². The Morgan fingerprint density at radius 1 is 0.896 bits per heavy atom. The molecule has 1 aliphatic heterocycles. The number of anilines is 1. The minimum atomic E-state index is -3.92. The normalized spacial score (nSPS) is 34.0. The quantitative estimate of drug-likeness (QED) is 0.322. The van der Waals surface area contributed by atoms with Gasteiger partial charge in [0.05, 0.1) is 22.4 Å². The van der Waals surface area contributed by atoms with E-state index in [1.807, 2.05) is 13.0 Å². The molecule has 4 bridgehead atoms. The molecule has 4 saturated carbocycles. The van der Waals surface area contributed by atoms with E-state index in [-0.39, 0.29) is 51.7 Å². The summed E-state index contributed by atoms with van der Waals surface area (Å²) in [6, 6.07) is 5.45. The molecule has 5 fully saturated rings. The Morgan fingerprint density at radius 3 is 1.96 bits per heavy atom. The van der Waals surface area contributed by atoms with Gasteiger partial charge in [0.1, 0.15) is 16.4 Å². The molecule has 0 radical (unpaired) electrons. The van der Waals surface area contributed by atoms with Crippen molar-refractivity contribution in [2.75, 3.05) is 37.0 Å². The van der Waals surface area contributed by atoms with Gasteiger partial charge in [-0.2, -0.15) is 0 Å². The van der Waals surface area contributed by atoms with Crippen LogP contribution in [0.15, 0.2) is 24.4 Å². The van der Waals surface area contributed by atoms with E-state index in [0.717, 1.165) is 43.3 Å². The molecule has 0 spiro atoms. The molecular weight excluding hydrogens is 647 g/mol. The lowest BCUT2D eigenvalue weighted by Crippen LogP contribution is -2.51. The van der Waals surface area contributed by atoms with Crippen molar-refractivity contribution in [3.05, 3.63) is 30.0 Å². The van der Waals surface area contributed by atoms with Crippen LogP contribution in [0.3, 0.4) is 0 Å². The molecule has 2 aromatic rings. The number of nitrogens with zero attached hydrogens (tertiary/aromatic N) is 2. The molecule has 7 rings (SSSR count). The molecule has 1 aromatic heterocycles. The number of hydrogen-bond donors (Lipinski definition) is 1. The molecule has 0 amide bonds. The third kappa shape index (κ3) is 4.54. The van der Waals surface area contributed by atoms with Gasteiger partial charge in [-0.05, 0) is 111 Å². The van der Waals surface area contributed by atoms with Gasteiger partial charge >= 0.3 is 0 Å². The fourth-order valence-corrected chi connectivity index (χ4v) is 15.3. The van der Waals surface area contributed by atoms with Gasteiger partial charge < -0.3 is 10.2 Å². The zero-order valence-corrected chi connectivity index (χ0v) is 31.3. The number of hydrogen-bond acceptors (Lipinski definition) is 8. The number of carbonyl (C=O) groups is 2. The Hall–Kier alpha value is -2.24. The number of sulfone groups is 1. The van der Waals surface area contributed by atoms with Gasteiger partial charge in [0.25, 0.3) is 0 Å². The van der Waals surface area contributed by atoms with Crippen LogP contribution >= 0.6 is 0 Å². The van der Waals surface area contributed by atoms with Crippen LogP contribution in [0.4, 0.5) is 5.69 Å². The third-order valence-electron chi connectivity index (χ3n) is 14.8. The Morgan fingerprint density at radius 2 is 1.48 bits per heavy atom. The first-order valence-electron chi connectivity index (χ1n) is 17.9. The standard InChI is InChI=1S/C37H53N3O6S2/c1-8-35(6,47(43,44)22-36-14-11-25(17-31(36)41)33(36,2)3)38-27-9-10-30-28(19-27)29(24-13-16-39(7)20-24)21-40(30)48(45,46)23-37-15-12-26(18-32(37)42)34(37,4)5/h9-10,19,21,24-26,38H,8,11-18,20,22-23H2,1-7H3. The summed E-state index contributed by atoms with van der Waals surface area (Å²) in [6.45, 7) is 13.5. The molecule has 1 N–H and O–H groups in total. The van der Waals surface area contributed by atoms with Gasteiger partial charge in [0.15, 0.2) is 9.84 Å². The van der Waals surface area contributed by atoms with E-state index in [4.69, 9.17) is 0 Å². The van der Waals surface area contributed by atoms with Crippen LogP contribution in [-0.2, 0) is 29.4 Å². The highest BCUT2D eigenvalue weighted by Crippen LogP contribution is 2.65. The van der Waals surface area contributed by atoms with Crippen molar-refractivity contribution in [1.29, 1.82) is 0 Å². The SMILES string of the molecule is CCC(C)(Nc1ccc2c(c1)c(C1CCN(C)C1)cn2S(=O)(=O)CC12CCC(CC1=O)C2(C)C)S(=O)(=O)CC12CCC(CC1=O)C2(C)C. The van der Waals surface area contributed by atoms with E-state index in [2.05, 4.69) is 45.0 Å². The summed E-state index contributed by atoms with van der Waals surface area (Å²) in [5.74, 6) is 0.336. The lowest BCUT2D eigenvalue weighted by atomic mass is 9.70. The van der Waals surface area contributed by atoms with Gasteiger partial charge in [0, 0.05) is 42.1 Å². The topological polar surface area (TPSA) is 123 Å². The molecule has 264 valence electrons. The van der Waals surface area contributed by atoms with E-state index in [9.17, 15) is 26.4 Å². The van der Waals surface area contributed by atoms with Crippen molar-refractivity contribution in [3.8, 4) is 0 Å². The summed E-state index contributed by atoms with van der Waals surface area (Å²) in [5.41, 5.74) is -0.402. The van der Waals surface area contributed by atoms with E-state index in [1.165, 1.54) is 3.97 Å². The molecule has 48 heavy (non-hydrogen) atoms. The van der Waals surface area contributed by atoms with E-state index < -0.39 is 35.6 Å². The second kappa shape index (κ2) is 10.6. The minimum Gasteiger partial charge on any atom is -0.367 e. The average molecular weight is 700 g/mol. The first kappa shape index (κ1) is 34.2. The molecule has 9 nitrogen and oxygen atoms in total. The van der Waals surface area contributed by atoms with Crippen LogP contribution in [0, 0.1) is 33.5 Å². The Kier molecular flexibility index (Phi) is 7.58. The summed E-state index contributed by atoms with van der Waals surface area (Å²) in [5, 5.41) is 4.15. The lowest BCUT2D eigenvalue weighted by molar-refractivity contribution is -0.128. The predicted octanol–water partition coefficient (Wildman–Crippen LogP) is 5.98. The number of benzene rings is 1. The Balaban J connectivity index is 1.26. The summed E-state index contributed by atoms with van der Waals surface area (Å²) >= 11 is 0. The highest BCUT2D eigenvalue weighted by atomic mass is 32.2. The average Bonchev–Trinajstić information content (AvgIpc) is 3.78. The molecule has 2 heterocycles. The number of aromatic nitrogens is 1. The minimum absolute atomic E-state index is 0.0725. The van der Waals surface area contributed by atoms with Crippen molar-refractivity contribution >= 4 is 48.0 Å². The molecule has 5 aliphatic rings. The molecule has 1 aromatic carbocycles. The fourth-order valence-electron chi connectivity index (χ4n) is 10.8. The molecule has 11 heteroatoms. The summed E-state index contributed by atoms with van der Waals surface area (Å²) in [7, 11) is -5.67. The zero-order valence-electron chi connectivity index (χ0n) is 29.7. The predicted molar refractivity (Wildman–Crippen MR) is 189 cm³/mol. The first-order valence-corrected chi connectivity index (χ1v) is 21.1. The molecule has 6 unspecified atom stereocenters. The van der Waals surface area contributed by atoms with Crippen molar-refractivity contribution in [1.82, 2.24) is 8.87 Å². The number of rotatable bonds is 10. The van der Waals surface area contributed by atoms with Crippen molar-refractivity contribution in [2.24, 2.45) is 33.5 Å². The molecule has 6 atom stereocenters. The maximum absolute atomic E-state index is 14.4. The van der Waals surface area contributed by atoms with Gasteiger partial charge in [0.2, 0.25) is 10.0 Å². The smallest absolute Gasteiger partial charge is 0.240 e. The second-order valence-electron chi connectivity index (χ2n) is 17.4. The number of ketones is 2. The first-order chi connectivity index (χ1) is 22.2. The number of carbonyl (C=O) groups excluding carboxylic acids is 2. The maximum Gasteiger partial charge on any atom is 0.240 e. The number of likely N-dealkylation sites (tertiary alicyclic amines) is 1. The maximum atomic E-state index is 14.4. The highest BCUT2D eigenvalue weighted by Gasteiger charge is 2.67. The van der Waals surface area contributed by atoms with E-state index >= 15 is 0 Å². The van der Waals surface area contributed by atoms with Crippen LogP contribution in [0.25, 0.3) is 10.9 Å². The third-order valence-corrected chi connectivity index (χ3v) is 19.2. The Labute approximate surface area is 286 Å². The number of likely N-dealkylation sites (N-methyl/N-ethyl adjacent to an activating group) is 1. The van der Waals surface area contributed by atoms with Crippen LogP contribution < -0.4 is 5.32 Å². The zero-order chi connectivity index (χ0) is 34.9. The van der Waals surface area contributed by atoms with Crippen LogP contribution in [0.5, 0.6) is 0 Å². The summed E-state index contributed by atoms with van der Waals surface area (Å²) < 4.78 is 58.9. The van der Waals surface area contributed by atoms with Crippen molar-refractivity contribution in [3.63, 3.8) is 0 Å². The Bertz CT molecular complexity index is 1930. The number of nitrogens with one attached hydrogen (secondary N) is 1. The van der Waals surface area contributed by atoms with Gasteiger partial charge in [-0.3, -0.25) is 9.59 Å². The molecule has 1 saturated heterocycles. The highest BCUT2D eigenvalue weighted by molar-refractivity contribution is 7.93. The van der Waals surface area contributed by atoms with Crippen LogP contribution in [0.1, 0.15) is 104 Å². The summed E-state index contributed by atoms with van der Waals surface area (Å²) in [6.07, 6.45) is 6.84.